The minimum atomic E-state index is 0.00188. The van der Waals surface area contributed by atoms with Crippen molar-refractivity contribution < 1.29 is 9.53 Å². The predicted octanol–water partition coefficient (Wildman–Crippen LogP) is 2.41. The number of nitrogens with zero attached hydrogens (tertiary/aromatic N) is 2. The first-order valence-electron chi connectivity index (χ1n) is 6.75. The number of hydrogen-bond acceptors (Lipinski definition) is 6. The highest BCUT2D eigenvalue weighted by Gasteiger charge is 2.26. The molecule has 0 spiro atoms. The summed E-state index contributed by atoms with van der Waals surface area (Å²) >= 11 is 1.35. The Hall–Kier alpha value is -1.58. The van der Waals surface area contributed by atoms with Gasteiger partial charge in [0.1, 0.15) is 16.6 Å². The Morgan fingerprint density at radius 3 is 2.70 bits per heavy atom. The molecule has 0 unspecified atom stereocenters. The fourth-order valence-corrected chi connectivity index (χ4v) is 3.66. The Balaban J connectivity index is 2.28. The van der Waals surface area contributed by atoms with Crippen molar-refractivity contribution in [3.63, 3.8) is 0 Å². The third kappa shape index (κ3) is 2.65. The minimum absolute atomic E-state index is 0.00188. The van der Waals surface area contributed by atoms with Crippen molar-refractivity contribution in [1.82, 2.24) is 0 Å². The second-order valence-electron chi connectivity index (χ2n) is 4.84. The van der Waals surface area contributed by atoms with Crippen LogP contribution in [0.1, 0.15) is 41.4 Å². The van der Waals surface area contributed by atoms with E-state index in [9.17, 15) is 10.1 Å². The molecule has 1 aromatic rings. The van der Waals surface area contributed by atoms with Crippen LogP contribution in [0.5, 0.6) is 0 Å². The van der Waals surface area contributed by atoms with E-state index in [1.807, 2.05) is 0 Å². The highest BCUT2D eigenvalue weighted by molar-refractivity contribution is 7.19. The highest BCUT2D eigenvalue weighted by atomic mass is 32.1. The molecule has 1 aliphatic rings. The van der Waals surface area contributed by atoms with Gasteiger partial charge in [-0.05, 0) is 12.8 Å². The summed E-state index contributed by atoms with van der Waals surface area (Å²) < 4.78 is 5.35. The first-order valence-corrected chi connectivity index (χ1v) is 7.57. The molecule has 0 saturated carbocycles. The van der Waals surface area contributed by atoms with Crippen molar-refractivity contribution in [2.24, 2.45) is 0 Å². The molecule has 0 aromatic carbocycles. The fourth-order valence-electron chi connectivity index (χ4n) is 2.42. The number of nitrogens with two attached hydrogens (primary N) is 1. The van der Waals surface area contributed by atoms with Gasteiger partial charge in [0.2, 0.25) is 0 Å². The molecule has 20 heavy (non-hydrogen) atoms. The van der Waals surface area contributed by atoms with Gasteiger partial charge < -0.3 is 15.4 Å². The van der Waals surface area contributed by atoms with Crippen molar-refractivity contribution in [3.05, 3.63) is 10.4 Å². The molecule has 0 amide bonds. The lowest BCUT2D eigenvalue weighted by Crippen LogP contribution is -2.36. The van der Waals surface area contributed by atoms with Crippen LogP contribution in [0.25, 0.3) is 0 Å². The first-order chi connectivity index (χ1) is 9.62. The summed E-state index contributed by atoms with van der Waals surface area (Å²) in [5, 5.41) is 10.1. The predicted molar refractivity (Wildman–Crippen MR) is 80.3 cm³/mol. The molecule has 2 rings (SSSR count). The van der Waals surface area contributed by atoms with Gasteiger partial charge >= 0.3 is 0 Å². The van der Waals surface area contributed by atoms with Gasteiger partial charge in [-0.2, -0.15) is 5.26 Å². The molecule has 1 fully saturated rings. The van der Waals surface area contributed by atoms with Gasteiger partial charge in [0.15, 0.2) is 5.78 Å². The van der Waals surface area contributed by atoms with Gasteiger partial charge in [-0.25, -0.2) is 0 Å². The number of thiophene rings is 1. The van der Waals surface area contributed by atoms with Gasteiger partial charge in [0.25, 0.3) is 0 Å². The third-order valence-electron chi connectivity index (χ3n) is 3.68. The second kappa shape index (κ2) is 6.25. The Morgan fingerprint density at radius 2 is 2.20 bits per heavy atom. The Morgan fingerprint density at radius 1 is 1.55 bits per heavy atom. The standard InChI is InChI=1S/C14H19N3O2S/c1-3-11(18)13-12(16)10(8-15)14(20-13)17-6-4-9(19-2)5-7-17/h9H,3-7,16H2,1-2H3. The SMILES string of the molecule is CCC(=O)c1sc(N2CCC(OC)CC2)c(C#N)c1N. The molecule has 5 nitrogen and oxygen atoms in total. The average Bonchev–Trinajstić information content (AvgIpc) is 2.83. The summed E-state index contributed by atoms with van der Waals surface area (Å²) in [6.07, 6.45) is 2.54. The van der Waals surface area contributed by atoms with Crippen LogP contribution >= 0.6 is 11.3 Å². The number of Topliss-reactive ketones (excluding diaryl/α,β-unsaturated/α-hetero) is 1. The summed E-state index contributed by atoms with van der Waals surface area (Å²) in [5.41, 5.74) is 6.75. The number of rotatable bonds is 4. The number of carbonyl (C=O) groups is 1. The number of carbonyl (C=O) groups excluding carboxylic acids is 1. The van der Waals surface area contributed by atoms with E-state index in [0.717, 1.165) is 30.9 Å². The summed E-state index contributed by atoms with van der Waals surface area (Å²) in [6, 6.07) is 2.15. The Kier molecular flexibility index (Phi) is 4.63. The summed E-state index contributed by atoms with van der Waals surface area (Å²) in [7, 11) is 1.72. The van der Waals surface area contributed by atoms with Crippen molar-refractivity contribution in [3.8, 4) is 6.07 Å². The summed E-state index contributed by atoms with van der Waals surface area (Å²) in [6.45, 7) is 3.46. The van der Waals surface area contributed by atoms with Gasteiger partial charge in [-0.15, -0.1) is 11.3 Å². The van der Waals surface area contributed by atoms with E-state index in [1.165, 1.54) is 11.3 Å². The quantitative estimate of drug-likeness (QED) is 0.862. The molecule has 0 radical (unpaired) electrons. The number of nitriles is 1. The largest absolute Gasteiger partial charge is 0.396 e. The van der Waals surface area contributed by atoms with Crippen LogP contribution in [0.15, 0.2) is 0 Å². The van der Waals surface area contributed by atoms with E-state index in [2.05, 4.69) is 11.0 Å². The summed E-state index contributed by atoms with van der Waals surface area (Å²) in [4.78, 5) is 14.5. The van der Waals surface area contributed by atoms with E-state index in [4.69, 9.17) is 10.5 Å². The molecular weight excluding hydrogens is 274 g/mol. The number of ketones is 1. The zero-order chi connectivity index (χ0) is 14.7. The highest BCUT2D eigenvalue weighted by Crippen LogP contribution is 2.39. The van der Waals surface area contributed by atoms with Crippen LogP contribution in [-0.4, -0.2) is 32.1 Å². The maximum absolute atomic E-state index is 11.9. The van der Waals surface area contributed by atoms with Gasteiger partial charge in [0, 0.05) is 26.6 Å². The maximum atomic E-state index is 11.9. The molecule has 2 heterocycles. The average molecular weight is 293 g/mol. The van der Waals surface area contributed by atoms with Gasteiger partial charge in [-0.3, -0.25) is 4.79 Å². The van der Waals surface area contributed by atoms with E-state index in [0.29, 0.717) is 22.5 Å². The summed E-state index contributed by atoms with van der Waals surface area (Å²) in [5.74, 6) is 0.00188. The van der Waals surface area contributed by atoms with Gasteiger partial charge in [0.05, 0.1) is 16.7 Å². The van der Waals surface area contributed by atoms with Crippen molar-refractivity contribution in [2.75, 3.05) is 30.8 Å². The molecule has 1 aromatic heterocycles. The smallest absolute Gasteiger partial charge is 0.174 e. The molecule has 0 aliphatic carbocycles. The molecule has 1 aliphatic heterocycles. The van der Waals surface area contributed by atoms with E-state index in [1.54, 1.807) is 14.0 Å². The molecule has 0 bridgehead atoms. The van der Waals surface area contributed by atoms with Crippen LogP contribution in [-0.2, 0) is 4.74 Å². The van der Waals surface area contributed by atoms with Crippen molar-refractivity contribution >= 4 is 27.8 Å². The molecule has 6 heteroatoms. The van der Waals surface area contributed by atoms with Crippen LogP contribution in [0, 0.1) is 11.3 Å². The number of piperidine rings is 1. The second-order valence-corrected chi connectivity index (χ2v) is 5.83. The lowest BCUT2D eigenvalue weighted by Gasteiger charge is -2.32. The lowest BCUT2D eigenvalue weighted by atomic mass is 10.1. The number of hydrogen-bond donors (Lipinski definition) is 1. The monoisotopic (exact) mass is 293 g/mol. The molecule has 0 atom stereocenters. The van der Waals surface area contributed by atoms with Crippen LogP contribution in [0.3, 0.4) is 0 Å². The third-order valence-corrected chi connectivity index (χ3v) is 4.98. The molecule has 2 N–H and O–H groups in total. The zero-order valence-electron chi connectivity index (χ0n) is 11.8. The first kappa shape index (κ1) is 14.8. The van der Waals surface area contributed by atoms with Crippen LogP contribution < -0.4 is 10.6 Å². The van der Waals surface area contributed by atoms with E-state index >= 15 is 0 Å². The lowest BCUT2D eigenvalue weighted by molar-refractivity contribution is 0.0820. The number of nitrogen functional groups attached to an aromatic ring is 1. The Labute approximate surface area is 122 Å². The number of anilines is 2. The molecule has 108 valence electrons. The van der Waals surface area contributed by atoms with E-state index in [-0.39, 0.29) is 11.9 Å². The minimum Gasteiger partial charge on any atom is -0.396 e. The van der Waals surface area contributed by atoms with Gasteiger partial charge in [-0.1, -0.05) is 6.92 Å². The van der Waals surface area contributed by atoms with Crippen LogP contribution in [0.4, 0.5) is 10.7 Å². The normalized spacial score (nSPS) is 16.1. The maximum Gasteiger partial charge on any atom is 0.174 e. The van der Waals surface area contributed by atoms with Crippen molar-refractivity contribution in [1.29, 1.82) is 5.26 Å². The zero-order valence-corrected chi connectivity index (χ0v) is 12.6. The van der Waals surface area contributed by atoms with Crippen LogP contribution in [0.2, 0.25) is 0 Å². The van der Waals surface area contributed by atoms with Crippen molar-refractivity contribution in [2.45, 2.75) is 32.3 Å². The molecule has 1 saturated heterocycles. The number of ether oxygens (including phenoxy) is 1. The topological polar surface area (TPSA) is 79.3 Å². The fraction of sp³-hybridized carbons (Fsp3) is 0.571. The van der Waals surface area contributed by atoms with E-state index < -0.39 is 0 Å². The number of methoxy groups -OCH3 is 1. The Bertz CT molecular complexity index is 539. The molecular formula is C14H19N3O2S.